The molecule has 0 amide bonds. The first-order valence-electron chi connectivity index (χ1n) is 4.60. The van der Waals surface area contributed by atoms with E-state index in [1.54, 1.807) is 0 Å². The summed E-state index contributed by atoms with van der Waals surface area (Å²) in [5.74, 6) is -1.28. The molecule has 10 heteroatoms. The molecular formula is C9H6F6N2O2. The Balaban J connectivity index is 3.51. The van der Waals surface area contributed by atoms with E-state index in [9.17, 15) is 31.1 Å². The molecule has 19 heavy (non-hydrogen) atoms. The second-order valence-corrected chi connectivity index (χ2v) is 3.24. The van der Waals surface area contributed by atoms with Crippen LogP contribution in [-0.4, -0.2) is 17.6 Å². The van der Waals surface area contributed by atoms with Gasteiger partial charge in [0, 0.05) is 18.3 Å². The van der Waals surface area contributed by atoms with Crippen LogP contribution in [-0.2, 0) is 12.7 Å². The van der Waals surface area contributed by atoms with Crippen molar-refractivity contribution in [1.29, 1.82) is 0 Å². The summed E-state index contributed by atoms with van der Waals surface area (Å²) < 4.78 is 77.3. The van der Waals surface area contributed by atoms with E-state index >= 15 is 0 Å². The largest absolute Gasteiger partial charge is 0.573 e. The third-order valence-corrected chi connectivity index (χ3v) is 1.96. The van der Waals surface area contributed by atoms with Gasteiger partial charge >= 0.3 is 12.5 Å². The van der Waals surface area contributed by atoms with Crippen molar-refractivity contribution in [3.05, 3.63) is 23.0 Å². The van der Waals surface area contributed by atoms with E-state index < -0.39 is 47.9 Å². The molecule has 1 aromatic heterocycles. The topological polar surface area (TPSA) is 65.2 Å². The zero-order chi connectivity index (χ0) is 14.8. The lowest BCUT2D eigenvalue weighted by Crippen LogP contribution is -2.22. The maximum absolute atomic E-state index is 12.5. The summed E-state index contributed by atoms with van der Waals surface area (Å²) in [6.07, 6.45) is -10.3. The summed E-state index contributed by atoms with van der Waals surface area (Å²) in [5.41, 5.74) is 1.50. The minimum Gasteiger partial charge on any atom is -0.405 e. The number of hydrogen-bond donors (Lipinski definition) is 1. The van der Waals surface area contributed by atoms with Crippen molar-refractivity contribution in [2.45, 2.75) is 19.1 Å². The molecule has 0 spiro atoms. The van der Waals surface area contributed by atoms with E-state index in [-0.39, 0.29) is 0 Å². The van der Waals surface area contributed by atoms with Gasteiger partial charge < -0.3 is 10.5 Å². The summed E-state index contributed by atoms with van der Waals surface area (Å²) in [4.78, 5) is 13.5. The normalized spacial score (nSPS) is 12.4. The van der Waals surface area contributed by atoms with Crippen molar-refractivity contribution in [3.63, 3.8) is 0 Å². The maximum Gasteiger partial charge on any atom is 0.573 e. The fourth-order valence-corrected chi connectivity index (χ4v) is 1.27. The fourth-order valence-electron chi connectivity index (χ4n) is 1.27. The molecule has 0 aliphatic rings. The minimum absolute atomic E-state index is 0.407. The van der Waals surface area contributed by atoms with Crippen LogP contribution < -0.4 is 10.5 Å². The molecular weight excluding hydrogens is 282 g/mol. The molecule has 0 aliphatic carbocycles. The average molecular weight is 288 g/mol. The van der Waals surface area contributed by atoms with E-state index in [0.29, 0.717) is 6.20 Å². The predicted octanol–water partition coefficient (Wildman–Crippen LogP) is 2.27. The Kier molecular flexibility index (Phi) is 4.03. The van der Waals surface area contributed by atoms with Crippen molar-refractivity contribution in [1.82, 2.24) is 4.98 Å². The van der Waals surface area contributed by atoms with Gasteiger partial charge in [-0.2, -0.15) is 13.2 Å². The minimum atomic E-state index is -5.26. The van der Waals surface area contributed by atoms with Crippen LogP contribution in [0.5, 0.6) is 5.75 Å². The monoisotopic (exact) mass is 288 g/mol. The lowest BCUT2D eigenvalue weighted by atomic mass is 10.1. The highest BCUT2D eigenvalue weighted by molar-refractivity contribution is 5.82. The zero-order valence-corrected chi connectivity index (χ0v) is 8.97. The van der Waals surface area contributed by atoms with Crippen LogP contribution in [0.15, 0.2) is 6.20 Å². The van der Waals surface area contributed by atoms with Gasteiger partial charge in [0.1, 0.15) is 5.75 Å². The van der Waals surface area contributed by atoms with Gasteiger partial charge in [0.2, 0.25) is 0 Å². The lowest BCUT2D eigenvalue weighted by molar-refractivity contribution is -0.275. The van der Waals surface area contributed by atoms with E-state index in [1.807, 2.05) is 0 Å². The second kappa shape index (κ2) is 5.03. The number of pyridine rings is 1. The predicted molar refractivity (Wildman–Crippen MR) is 49.2 cm³/mol. The molecule has 0 bridgehead atoms. The number of carbonyl (C=O) groups is 1. The number of rotatable bonds is 3. The third-order valence-electron chi connectivity index (χ3n) is 1.96. The summed E-state index contributed by atoms with van der Waals surface area (Å²) in [6.45, 7) is -0.572. The summed E-state index contributed by atoms with van der Waals surface area (Å²) in [6, 6.07) is 0. The number of aldehydes is 1. The molecule has 0 saturated heterocycles. The Morgan fingerprint density at radius 2 is 1.84 bits per heavy atom. The van der Waals surface area contributed by atoms with Gasteiger partial charge in [-0.25, -0.2) is 0 Å². The van der Waals surface area contributed by atoms with E-state index in [1.165, 1.54) is 0 Å². The van der Waals surface area contributed by atoms with Crippen molar-refractivity contribution in [2.24, 2.45) is 5.73 Å². The Morgan fingerprint density at radius 3 is 2.21 bits per heavy atom. The number of alkyl halides is 6. The molecule has 0 atom stereocenters. The smallest absolute Gasteiger partial charge is 0.405 e. The van der Waals surface area contributed by atoms with E-state index in [4.69, 9.17) is 5.73 Å². The van der Waals surface area contributed by atoms with Crippen molar-refractivity contribution in [2.75, 3.05) is 0 Å². The number of nitrogens with zero attached hydrogens (tertiary/aromatic N) is 1. The lowest BCUT2D eigenvalue weighted by Gasteiger charge is -2.17. The molecule has 2 N–H and O–H groups in total. The van der Waals surface area contributed by atoms with Crippen molar-refractivity contribution < 1.29 is 35.9 Å². The van der Waals surface area contributed by atoms with Crippen LogP contribution in [0.3, 0.4) is 0 Å². The van der Waals surface area contributed by atoms with Gasteiger partial charge in [-0.3, -0.25) is 9.78 Å². The Labute approximate surface area is 102 Å². The highest BCUT2D eigenvalue weighted by atomic mass is 19.4. The fraction of sp³-hybridized carbons (Fsp3) is 0.333. The van der Waals surface area contributed by atoms with Crippen molar-refractivity contribution in [3.8, 4) is 5.75 Å². The molecule has 0 aliphatic heterocycles. The molecule has 0 unspecified atom stereocenters. The molecule has 4 nitrogen and oxygen atoms in total. The van der Waals surface area contributed by atoms with Gasteiger partial charge in [0.15, 0.2) is 12.0 Å². The SMILES string of the molecule is NCc1cnc(C(F)(F)F)c(C=O)c1OC(F)(F)F. The Morgan fingerprint density at radius 1 is 1.26 bits per heavy atom. The zero-order valence-electron chi connectivity index (χ0n) is 8.97. The van der Waals surface area contributed by atoms with Crippen LogP contribution in [0, 0.1) is 0 Å². The standard InChI is InChI=1S/C9H6F6N2O2/c10-8(11,12)7-5(3-18)6(19-9(13,14)15)4(1-16)2-17-7/h2-3H,1,16H2. The number of ether oxygens (including phenoxy) is 1. The summed E-state index contributed by atoms with van der Waals surface area (Å²) in [7, 11) is 0. The number of carbonyl (C=O) groups excluding carboxylic acids is 1. The molecule has 1 aromatic rings. The molecule has 0 fully saturated rings. The van der Waals surface area contributed by atoms with E-state index in [0.717, 1.165) is 0 Å². The first-order chi connectivity index (χ1) is 8.60. The highest BCUT2D eigenvalue weighted by Crippen LogP contribution is 2.37. The summed E-state index contributed by atoms with van der Waals surface area (Å²) in [5, 5.41) is 0. The Bertz CT molecular complexity index is 483. The molecule has 0 radical (unpaired) electrons. The molecule has 0 saturated carbocycles. The van der Waals surface area contributed by atoms with Gasteiger partial charge in [0.05, 0.1) is 5.56 Å². The Hall–Kier alpha value is -1.84. The number of halogens is 6. The molecule has 0 aromatic carbocycles. The second-order valence-electron chi connectivity index (χ2n) is 3.24. The first-order valence-corrected chi connectivity index (χ1v) is 4.60. The number of nitrogens with two attached hydrogens (primary N) is 1. The van der Waals surface area contributed by atoms with Crippen LogP contribution in [0.1, 0.15) is 21.6 Å². The quantitative estimate of drug-likeness (QED) is 0.684. The number of hydrogen-bond acceptors (Lipinski definition) is 4. The molecule has 1 rings (SSSR count). The van der Waals surface area contributed by atoms with Gasteiger partial charge in [-0.15, -0.1) is 13.2 Å². The van der Waals surface area contributed by atoms with E-state index in [2.05, 4.69) is 9.72 Å². The van der Waals surface area contributed by atoms with Gasteiger partial charge in [-0.1, -0.05) is 0 Å². The first kappa shape index (κ1) is 15.2. The van der Waals surface area contributed by atoms with Crippen molar-refractivity contribution >= 4 is 6.29 Å². The van der Waals surface area contributed by atoms with Crippen LogP contribution >= 0.6 is 0 Å². The molecule has 106 valence electrons. The molecule has 1 heterocycles. The third kappa shape index (κ3) is 3.56. The maximum atomic E-state index is 12.5. The van der Waals surface area contributed by atoms with Gasteiger partial charge in [-0.05, 0) is 0 Å². The average Bonchev–Trinajstić information content (AvgIpc) is 2.25. The summed E-state index contributed by atoms with van der Waals surface area (Å²) >= 11 is 0. The highest BCUT2D eigenvalue weighted by Gasteiger charge is 2.40. The van der Waals surface area contributed by atoms with Gasteiger partial charge in [0.25, 0.3) is 0 Å². The number of aromatic nitrogens is 1. The van der Waals surface area contributed by atoms with Crippen LogP contribution in [0.2, 0.25) is 0 Å². The van der Waals surface area contributed by atoms with Crippen LogP contribution in [0.4, 0.5) is 26.3 Å². The van der Waals surface area contributed by atoms with Crippen LogP contribution in [0.25, 0.3) is 0 Å².